The van der Waals surface area contributed by atoms with Gasteiger partial charge in [0.25, 0.3) is 5.91 Å². The number of amides is 2. The lowest BCUT2D eigenvalue weighted by molar-refractivity contribution is -0.145. The Kier molecular flexibility index (Phi) is 8.20. The van der Waals surface area contributed by atoms with Crippen molar-refractivity contribution in [3.63, 3.8) is 0 Å². The summed E-state index contributed by atoms with van der Waals surface area (Å²) < 4.78 is 10.6. The van der Waals surface area contributed by atoms with Crippen LogP contribution in [0.5, 0.6) is 0 Å². The van der Waals surface area contributed by atoms with Crippen LogP contribution in [0, 0.1) is 5.92 Å². The minimum absolute atomic E-state index is 0.0411. The number of likely N-dealkylation sites (tertiary alicyclic amines) is 1. The van der Waals surface area contributed by atoms with Crippen molar-refractivity contribution >= 4 is 29.5 Å². The Bertz CT molecular complexity index is 724. The van der Waals surface area contributed by atoms with Crippen molar-refractivity contribution in [2.75, 3.05) is 6.54 Å². The van der Waals surface area contributed by atoms with Gasteiger partial charge in [0.05, 0.1) is 12.6 Å². The standard InChI is InChI=1S/C22H34N2O7/c1-6-7-14(19(27)20(28)23-15-8-9-15)10-18(26)17-11-16(30-13(2)25)12-24(17)21(29)31-22(3,4)5/h14-17H,6-12H2,1-5H3,(H,23,28)/t14-,16-,17+/m1/s1. The molecule has 0 radical (unpaired) electrons. The number of ketones is 2. The van der Waals surface area contributed by atoms with Gasteiger partial charge in [0.15, 0.2) is 5.78 Å². The van der Waals surface area contributed by atoms with Crippen molar-refractivity contribution < 1.29 is 33.4 Å². The van der Waals surface area contributed by atoms with Gasteiger partial charge < -0.3 is 14.8 Å². The average molecular weight is 439 g/mol. The number of hydrogen-bond acceptors (Lipinski definition) is 7. The fourth-order valence-corrected chi connectivity index (χ4v) is 3.67. The molecule has 31 heavy (non-hydrogen) atoms. The second-order valence-corrected chi connectivity index (χ2v) is 9.38. The van der Waals surface area contributed by atoms with E-state index in [1.165, 1.54) is 11.8 Å². The summed E-state index contributed by atoms with van der Waals surface area (Å²) in [6.45, 7) is 8.34. The number of Topliss-reactive ketones (excluding diaryl/α,β-unsaturated/α-hetero) is 2. The molecule has 174 valence electrons. The monoisotopic (exact) mass is 438 g/mol. The summed E-state index contributed by atoms with van der Waals surface area (Å²) in [5.41, 5.74) is -0.758. The molecule has 1 saturated heterocycles. The largest absolute Gasteiger partial charge is 0.461 e. The maximum Gasteiger partial charge on any atom is 0.411 e. The molecule has 0 spiro atoms. The summed E-state index contributed by atoms with van der Waals surface area (Å²) in [5.74, 6) is -2.84. The van der Waals surface area contributed by atoms with Gasteiger partial charge in [0, 0.05) is 31.7 Å². The number of ether oxygens (including phenoxy) is 2. The number of carbonyl (C=O) groups is 5. The lowest BCUT2D eigenvalue weighted by Gasteiger charge is -2.28. The van der Waals surface area contributed by atoms with E-state index in [4.69, 9.17) is 9.47 Å². The maximum absolute atomic E-state index is 13.1. The smallest absolute Gasteiger partial charge is 0.411 e. The van der Waals surface area contributed by atoms with Gasteiger partial charge in [-0.05, 0) is 40.0 Å². The van der Waals surface area contributed by atoms with Crippen molar-refractivity contribution in [1.29, 1.82) is 0 Å². The van der Waals surface area contributed by atoms with Crippen LogP contribution in [0.3, 0.4) is 0 Å². The highest BCUT2D eigenvalue weighted by Gasteiger charge is 2.44. The normalized spacial score (nSPS) is 21.9. The predicted molar refractivity (Wildman–Crippen MR) is 111 cm³/mol. The van der Waals surface area contributed by atoms with E-state index in [0.717, 1.165) is 12.8 Å². The second kappa shape index (κ2) is 10.2. The SMILES string of the molecule is CCC[C@H](CC(=O)[C@@H]1C[C@@H](OC(C)=O)CN1C(=O)OC(C)(C)C)C(=O)C(=O)NC1CC1. The van der Waals surface area contributed by atoms with Crippen LogP contribution in [0.1, 0.15) is 73.1 Å². The first-order valence-corrected chi connectivity index (χ1v) is 11.0. The van der Waals surface area contributed by atoms with E-state index < -0.39 is 47.4 Å². The lowest BCUT2D eigenvalue weighted by Crippen LogP contribution is -2.45. The Balaban J connectivity index is 2.12. The van der Waals surface area contributed by atoms with Crippen LogP contribution >= 0.6 is 0 Å². The van der Waals surface area contributed by atoms with E-state index in [0.29, 0.717) is 12.8 Å². The molecule has 0 aromatic heterocycles. The number of rotatable bonds is 9. The van der Waals surface area contributed by atoms with E-state index >= 15 is 0 Å². The molecule has 0 bridgehead atoms. The Labute approximate surface area is 183 Å². The molecule has 1 aliphatic carbocycles. The summed E-state index contributed by atoms with van der Waals surface area (Å²) in [6.07, 6.45) is 1.44. The summed E-state index contributed by atoms with van der Waals surface area (Å²) in [4.78, 5) is 63.3. The summed E-state index contributed by atoms with van der Waals surface area (Å²) in [6, 6.07) is -0.825. The fourth-order valence-electron chi connectivity index (χ4n) is 3.67. The minimum Gasteiger partial charge on any atom is -0.461 e. The summed E-state index contributed by atoms with van der Waals surface area (Å²) in [5, 5.41) is 2.67. The third kappa shape index (κ3) is 7.63. The maximum atomic E-state index is 13.1. The molecule has 2 rings (SSSR count). The van der Waals surface area contributed by atoms with Crippen LogP contribution < -0.4 is 5.32 Å². The van der Waals surface area contributed by atoms with Gasteiger partial charge in [-0.25, -0.2) is 4.79 Å². The molecule has 9 heteroatoms. The molecule has 0 unspecified atom stereocenters. The van der Waals surface area contributed by atoms with E-state index in [-0.39, 0.29) is 31.2 Å². The summed E-state index contributed by atoms with van der Waals surface area (Å²) in [7, 11) is 0. The molecule has 0 aromatic carbocycles. The third-order valence-electron chi connectivity index (χ3n) is 5.19. The van der Waals surface area contributed by atoms with E-state index in [1.54, 1.807) is 20.8 Å². The molecule has 3 atom stereocenters. The van der Waals surface area contributed by atoms with Gasteiger partial charge in [-0.15, -0.1) is 0 Å². The molecule has 1 aliphatic heterocycles. The zero-order chi connectivity index (χ0) is 23.3. The Morgan fingerprint density at radius 2 is 1.77 bits per heavy atom. The highest BCUT2D eigenvalue weighted by Crippen LogP contribution is 2.27. The van der Waals surface area contributed by atoms with Crippen molar-refractivity contribution in [2.45, 2.75) is 96.9 Å². The molecular weight excluding hydrogens is 404 g/mol. The van der Waals surface area contributed by atoms with Crippen LogP contribution in [0.15, 0.2) is 0 Å². The number of hydrogen-bond donors (Lipinski definition) is 1. The number of esters is 1. The van der Waals surface area contributed by atoms with Gasteiger partial charge in [0.1, 0.15) is 11.7 Å². The van der Waals surface area contributed by atoms with Gasteiger partial charge in [-0.1, -0.05) is 13.3 Å². The first kappa shape index (κ1) is 24.8. The zero-order valence-corrected chi connectivity index (χ0v) is 19.1. The molecule has 1 saturated carbocycles. The van der Waals surface area contributed by atoms with Gasteiger partial charge >= 0.3 is 12.1 Å². The van der Waals surface area contributed by atoms with Crippen LogP contribution in [-0.4, -0.2) is 64.8 Å². The fraction of sp³-hybridized carbons (Fsp3) is 0.773. The van der Waals surface area contributed by atoms with Crippen LogP contribution in [0.25, 0.3) is 0 Å². The zero-order valence-electron chi connectivity index (χ0n) is 19.1. The van der Waals surface area contributed by atoms with Crippen molar-refractivity contribution in [3.8, 4) is 0 Å². The molecule has 1 N–H and O–H groups in total. The Hall–Kier alpha value is -2.45. The van der Waals surface area contributed by atoms with Crippen LogP contribution in [0.4, 0.5) is 4.79 Å². The molecule has 1 heterocycles. The Morgan fingerprint density at radius 1 is 1.13 bits per heavy atom. The van der Waals surface area contributed by atoms with Crippen LogP contribution in [-0.2, 0) is 28.7 Å². The third-order valence-corrected chi connectivity index (χ3v) is 5.19. The molecule has 2 amide bonds. The number of nitrogens with one attached hydrogen (secondary N) is 1. The molecule has 2 aliphatic rings. The topological polar surface area (TPSA) is 119 Å². The van der Waals surface area contributed by atoms with Crippen molar-refractivity contribution in [2.24, 2.45) is 5.92 Å². The first-order valence-electron chi connectivity index (χ1n) is 11.0. The van der Waals surface area contributed by atoms with Gasteiger partial charge in [0.2, 0.25) is 5.78 Å². The van der Waals surface area contributed by atoms with E-state index in [2.05, 4.69) is 5.32 Å². The number of nitrogens with zero attached hydrogens (tertiary/aromatic N) is 1. The molecule has 9 nitrogen and oxygen atoms in total. The molecular formula is C22H34N2O7. The molecule has 2 fully saturated rings. The second-order valence-electron chi connectivity index (χ2n) is 9.38. The number of carbonyl (C=O) groups excluding carboxylic acids is 5. The van der Waals surface area contributed by atoms with E-state index in [9.17, 15) is 24.0 Å². The van der Waals surface area contributed by atoms with E-state index in [1.807, 2.05) is 6.92 Å². The molecule has 0 aromatic rings. The van der Waals surface area contributed by atoms with Crippen molar-refractivity contribution in [1.82, 2.24) is 10.2 Å². The minimum atomic E-state index is -0.877. The quantitative estimate of drug-likeness (QED) is 0.433. The highest BCUT2D eigenvalue weighted by atomic mass is 16.6. The Morgan fingerprint density at radius 3 is 2.29 bits per heavy atom. The summed E-state index contributed by atoms with van der Waals surface area (Å²) >= 11 is 0. The van der Waals surface area contributed by atoms with Crippen LogP contribution in [0.2, 0.25) is 0 Å². The lowest BCUT2D eigenvalue weighted by atomic mass is 9.89. The van der Waals surface area contributed by atoms with Gasteiger partial charge in [-0.2, -0.15) is 0 Å². The highest BCUT2D eigenvalue weighted by molar-refractivity contribution is 6.37. The van der Waals surface area contributed by atoms with Crippen molar-refractivity contribution in [3.05, 3.63) is 0 Å². The van der Waals surface area contributed by atoms with Gasteiger partial charge in [-0.3, -0.25) is 24.1 Å². The average Bonchev–Trinajstić information content (AvgIpc) is 3.35. The first-order chi connectivity index (χ1) is 14.4. The predicted octanol–water partition coefficient (Wildman–Crippen LogP) is 2.15.